The monoisotopic (exact) mass is 291 g/mol. The first-order valence-corrected chi connectivity index (χ1v) is 6.86. The van der Waals surface area contributed by atoms with Gasteiger partial charge in [0.15, 0.2) is 5.13 Å². The smallest absolute Gasteiger partial charge is 0.180 e. The van der Waals surface area contributed by atoms with Gasteiger partial charge in [-0.3, -0.25) is 4.98 Å². The van der Waals surface area contributed by atoms with E-state index in [0.29, 0.717) is 22.5 Å². The van der Waals surface area contributed by atoms with Gasteiger partial charge in [0.25, 0.3) is 0 Å². The third-order valence-electron chi connectivity index (χ3n) is 2.62. The standard InChI is InChI=1S/C13H10ClN3OS/c14-10-3-4-11(12-9(10)2-1-5-16-12)18-6-8-7-19-13(15)17-8/h1-5,7H,6H2,(H2,15,17). The Hall–Kier alpha value is -1.85. The summed E-state index contributed by atoms with van der Waals surface area (Å²) in [6.07, 6.45) is 1.71. The molecule has 3 rings (SSSR count). The Morgan fingerprint density at radius 2 is 2.21 bits per heavy atom. The summed E-state index contributed by atoms with van der Waals surface area (Å²) in [7, 11) is 0. The van der Waals surface area contributed by atoms with Crippen molar-refractivity contribution in [2.45, 2.75) is 6.61 Å². The molecule has 6 heteroatoms. The predicted molar refractivity (Wildman–Crippen MR) is 77.6 cm³/mol. The summed E-state index contributed by atoms with van der Waals surface area (Å²) < 4.78 is 5.74. The average molecular weight is 292 g/mol. The van der Waals surface area contributed by atoms with Gasteiger partial charge in [-0.1, -0.05) is 11.6 Å². The fraction of sp³-hybridized carbons (Fsp3) is 0.0769. The van der Waals surface area contributed by atoms with Crippen LogP contribution in [0.4, 0.5) is 5.13 Å². The van der Waals surface area contributed by atoms with Crippen molar-refractivity contribution in [1.29, 1.82) is 0 Å². The molecule has 1 aromatic carbocycles. The average Bonchev–Trinajstić information content (AvgIpc) is 2.84. The molecular formula is C13H10ClN3OS. The number of halogens is 1. The van der Waals surface area contributed by atoms with Gasteiger partial charge in [-0.25, -0.2) is 4.98 Å². The molecule has 2 heterocycles. The number of thiazole rings is 1. The molecule has 0 amide bonds. The minimum atomic E-state index is 0.362. The summed E-state index contributed by atoms with van der Waals surface area (Å²) in [4.78, 5) is 8.46. The summed E-state index contributed by atoms with van der Waals surface area (Å²) >= 11 is 7.52. The SMILES string of the molecule is Nc1nc(COc2ccc(Cl)c3cccnc23)cs1. The van der Waals surface area contributed by atoms with Crippen molar-refractivity contribution in [3.63, 3.8) is 0 Å². The van der Waals surface area contributed by atoms with Crippen LogP contribution in [0.15, 0.2) is 35.8 Å². The number of hydrogen-bond acceptors (Lipinski definition) is 5. The molecule has 0 aliphatic heterocycles. The van der Waals surface area contributed by atoms with Crippen LogP contribution in [0.25, 0.3) is 10.9 Å². The highest BCUT2D eigenvalue weighted by Crippen LogP contribution is 2.30. The Morgan fingerprint density at radius 1 is 1.32 bits per heavy atom. The van der Waals surface area contributed by atoms with Crippen LogP contribution >= 0.6 is 22.9 Å². The second-order valence-electron chi connectivity index (χ2n) is 3.91. The fourth-order valence-electron chi connectivity index (χ4n) is 1.77. The second kappa shape index (κ2) is 5.03. The van der Waals surface area contributed by atoms with Crippen LogP contribution in [0.3, 0.4) is 0 Å². The number of benzene rings is 1. The number of nitrogen functional groups attached to an aromatic ring is 1. The summed E-state index contributed by atoms with van der Waals surface area (Å²) in [6, 6.07) is 7.38. The molecule has 4 nitrogen and oxygen atoms in total. The molecule has 0 bridgehead atoms. The van der Waals surface area contributed by atoms with Gasteiger partial charge in [0, 0.05) is 17.0 Å². The highest BCUT2D eigenvalue weighted by atomic mass is 35.5. The van der Waals surface area contributed by atoms with Crippen molar-refractivity contribution >= 4 is 39.0 Å². The van der Waals surface area contributed by atoms with Gasteiger partial charge in [-0.05, 0) is 24.3 Å². The van der Waals surface area contributed by atoms with E-state index in [-0.39, 0.29) is 0 Å². The number of anilines is 1. The molecule has 2 aromatic heterocycles. The van der Waals surface area contributed by atoms with Crippen molar-refractivity contribution in [2.75, 3.05) is 5.73 Å². The van der Waals surface area contributed by atoms with E-state index in [0.717, 1.165) is 16.6 Å². The molecule has 0 spiro atoms. The van der Waals surface area contributed by atoms with Crippen molar-refractivity contribution < 1.29 is 4.74 Å². The third-order valence-corrected chi connectivity index (χ3v) is 3.68. The van der Waals surface area contributed by atoms with Gasteiger partial charge in [0.2, 0.25) is 0 Å². The molecule has 96 valence electrons. The molecular weight excluding hydrogens is 282 g/mol. The molecule has 0 atom stereocenters. The molecule has 2 N–H and O–H groups in total. The van der Waals surface area contributed by atoms with Crippen LogP contribution in [0.5, 0.6) is 5.75 Å². The quantitative estimate of drug-likeness (QED) is 0.802. The summed E-state index contributed by atoms with van der Waals surface area (Å²) in [6.45, 7) is 0.362. The van der Waals surface area contributed by atoms with Crippen molar-refractivity contribution in [1.82, 2.24) is 9.97 Å². The van der Waals surface area contributed by atoms with Crippen molar-refractivity contribution in [3.8, 4) is 5.75 Å². The molecule has 0 unspecified atom stereocenters. The van der Waals surface area contributed by atoms with E-state index in [9.17, 15) is 0 Å². The summed E-state index contributed by atoms with van der Waals surface area (Å²) in [5.41, 5.74) is 7.14. The van der Waals surface area contributed by atoms with E-state index in [4.69, 9.17) is 22.1 Å². The Balaban J connectivity index is 1.91. The lowest BCUT2D eigenvalue weighted by molar-refractivity contribution is 0.305. The fourth-order valence-corrected chi connectivity index (χ4v) is 2.53. The Morgan fingerprint density at radius 3 is 3.00 bits per heavy atom. The van der Waals surface area contributed by atoms with E-state index in [1.54, 1.807) is 12.3 Å². The topological polar surface area (TPSA) is 61.0 Å². The van der Waals surface area contributed by atoms with Crippen LogP contribution < -0.4 is 10.5 Å². The maximum absolute atomic E-state index is 6.13. The lowest BCUT2D eigenvalue weighted by Gasteiger charge is -2.08. The Bertz CT molecular complexity index is 729. The van der Waals surface area contributed by atoms with Gasteiger partial charge >= 0.3 is 0 Å². The summed E-state index contributed by atoms with van der Waals surface area (Å²) in [5, 5.41) is 3.95. The first-order valence-electron chi connectivity index (χ1n) is 5.60. The van der Waals surface area contributed by atoms with Crippen molar-refractivity contribution in [3.05, 3.63) is 46.6 Å². The first kappa shape index (κ1) is 12.2. The van der Waals surface area contributed by atoms with E-state index >= 15 is 0 Å². The molecule has 0 aliphatic carbocycles. The van der Waals surface area contributed by atoms with Gasteiger partial charge in [0.1, 0.15) is 17.9 Å². The Labute approximate surface area is 118 Å². The van der Waals surface area contributed by atoms with Crippen LogP contribution in [0.2, 0.25) is 5.02 Å². The maximum Gasteiger partial charge on any atom is 0.180 e. The lowest BCUT2D eigenvalue weighted by Crippen LogP contribution is -1.97. The van der Waals surface area contributed by atoms with Crippen LogP contribution in [-0.2, 0) is 6.61 Å². The van der Waals surface area contributed by atoms with Gasteiger partial charge in [0.05, 0.1) is 10.7 Å². The molecule has 19 heavy (non-hydrogen) atoms. The summed E-state index contributed by atoms with van der Waals surface area (Å²) in [5.74, 6) is 0.687. The first-order chi connectivity index (χ1) is 9.24. The highest BCUT2D eigenvalue weighted by molar-refractivity contribution is 7.13. The van der Waals surface area contributed by atoms with E-state index < -0.39 is 0 Å². The zero-order chi connectivity index (χ0) is 13.2. The molecule has 0 saturated carbocycles. The maximum atomic E-state index is 6.13. The van der Waals surface area contributed by atoms with E-state index in [1.807, 2.05) is 23.6 Å². The number of pyridine rings is 1. The van der Waals surface area contributed by atoms with Gasteiger partial charge in [-0.2, -0.15) is 0 Å². The molecule has 0 saturated heterocycles. The second-order valence-corrected chi connectivity index (χ2v) is 5.21. The van der Waals surface area contributed by atoms with Crippen molar-refractivity contribution in [2.24, 2.45) is 0 Å². The van der Waals surface area contributed by atoms with Crippen LogP contribution in [0, 0.1) is 0 Å². The zero-order valence-electron chi connectivity index (χ0n) is 9.84. The Kier molecular flexibility index (Phi) is 3.23. The van der Waals surface area contributed by atoms with Crippen LogP contribution in [0.1, 0.15) is 5.69 Å². The predicted octanol–water partition coefficient (Wildman–Crippen LogP) is 3.51. The van der Waals surface area contributed by atoms with Gasteiger partial charge in [-0.15, -0.1) is 11.3 Å². The number of hydrogen-bond donors (Lipinski definition) is 1. The normalized spacial score (nSPS) is 10.8. The van der Waals surface area contributed by atoms with Gasteiger partial charge < -0.3 is 10.5 Å². The number of nitrogens with two attached hydrogens (primary N) is 1. The zero-order valence-corrected chi connectivity index (χ0v) is 11.4. The molecule has 0 fully saturated rings. The number of aromatic nitrogens is 2. The van der Waals surface area contributed by atoms with Crippen LogP contribution in [-0.4, -0.2) is 9.97 Å². The molecule has 3 aromatic rings. The minimum Gasteiger partial charge on any atom is -0.485 e. The molecule has 0 radical (unpaired) electrons. The minimum absolute atomic E-state index is 0.362. The highest BCUT2D eigenvalue weighted by Gasteiger charge is 2.07. The molecule has 0 aliphatic rings. The van der Waals surface area contributed by atoms with E-state index in [1.165, 1.54) is 11.3 Å². The number of ether oxygens (including phenoxy) is 1. The number of fused-ring (bicyclic) bond motifs is 1. The van der Waals surface area contributed by atoms with E-state index in [2.05, 4.69) is 9.97 Å². The largest absolute Gasteiger partial charge is 0.485 e. The lowest BCUT2D eigenvalue weighted by atomic mass is 10.2. The number of nitrogens with zero attached hydrogens (tertiary/aromatic N) is 2. The number of rotatable bonds is 3. The third kappa shape index (κ3) is 2.47.